The molecule has 0 aliphatic heterocycles. The van der Waals surface area contributed by atoms with Crippen LogP contribution < -0.4 is 5.32 Å². The maximum atomic E-state index is 4.96. The summed E-state index contributed by atoms with van der Waals surface area (Å²) in [4.78, 5) is 7.21. The van der Waals surface area contributed by atoms with Crippen molar-refractivity contribution < 1.29 is 0 Å². The van der Waals surface area contributed by atoms with E-state index in [2.05, 4.69) is 85.0 Å². The smallest absolute Gasteiger partial charge is 0.102 e. The minimum atomic E-state index is 0.878. The van der Waals surface area contributed by atoms with Crippen LogP contribution in [0, 0.1) is 0 Å². The third kappa shape index (κ3) is 6.62. The second-order valence-corrected chi connectivity index (χ2v) is 8.42. The Kier molecular flexibility index (Phi) is 8.34. The first-order chi connectivity index (χ1) is 13.7. The average molecular weight is 394 g/mol. The van der Waals surface area contributed by atoms with E-state index in [0.717, 1.165) is 29.4 Å². The van der Waals surface area contributed by atoms with E-state index in [1.807, 2.05) is 11.8 Å². The van der Waals surface area contributed by atoms with Gasteiger partial charge in [-0.2, -0.15) is 0 Å². The van der Waals surface area contributed by atoms with E-state index >= 15 is 0 Å². The number of para-hydroxylation sites is 1. The Bertz CT molecular complexity index is 849. The number of thioether (sulfide) groups is 1. The van der Waals surface area contributed by atoms with Gasteiger partial charge in [0.2, 0.25) is 0 Å². The summed E-state index contributed by atoms with van der Waals surface area (Å²) >= 11 is 1.83. The molecule has 0 radical (unpaired) electrons. The zero-order valence-electron chi connectivity index (χ0n) is 17.0. The second kappa shape index (κ2) is 11.2. The summed E-state index contributed by atoms with van der Waals surface area (Å²) in [5.74, 6) is 0.948. The number of rotatable bonds is 11. The molecule has 28 heavy (non-hydrogen) atoms. The van der Waals surface area contributed by atoms with Crippen LogP contribution in [0.5, 0.6) is 0 Å². The van der Waals surface area contributed by atoms with E-state index in [9.17, 15) is 0 Å². The van der Waals surface area contributed by atoms with E-state index in [1.165, 1.54) is 42.3 Å². The maximum Gasteiger partial charge on any atom is 0.102 e. The zero-order valence-corrected chi connectivity index (χ0v) is 17.8. The molecule has 4 heteroatoms. The Morgan fingerprint density at radius 1 is 0.929 bits per heavy atom. The van der Waals surface area contributed by atoms with Crippen molar-refractivity contribution in [3.63, 3.8) is 0 Å². The van der Waals surface area contributed by atoms with Crippen molar-refractivity contribution in [3.8, 4) is 0 Å². The van der Waals surface area contributed by atoms with Gasteiger partial charge in [0.1, 0.15) is 5.03 Å². The fourth-order valence-electron chi connectivity index (χ4n) is 3.20. The van der Waals surface area contributed by atoms with E-state index in [0.29, 0.717) is 0 Å². The summed E-state index contributed by atoms with van der Waals surface area (Å²) in [5, 5.41) is 5.98. The lowest BCUT2D eigenvalue weighted by Gasteiger charge is -2.12. The van der Waals surface area contributed by atoms with Crippen molar-refractivity contribution in [3.05, 3.63) is 71.8 Å². The van der Waals surface area contributed by atoms with Crippen molar-refractivity contribution in [2.75, 3.05) is 27.2 Å². The highest BCUT2D eigenvalue weighted by molar-refractivity contribution is 7.98. The molecule has 1 N–H and O–H groups in total. The normalized spacial score (nSPS) is 11.4. The van der Waals surface area contributed by atoms with Gasteiger partial charge in [0, 0.05) is 17.7 Å². The fraction of sp³-hybridized carbons (Fsp3) is 0.375. The summed E-state index contributed by atoms with van der Waals surface area (Å²) in [7, 11) is 4.28. The quantitative estimate of drug-likeness (QED) is 0.351. The van der Waals surface area contributed by atoms with E-state index < -0.39 is 0 Å². The van der Waals surface area contributed by atoms with Crippen LogP contribution in [-0.2, 0) is 12.3 Å². The third-order valence-corrected chi connectivity index (χ3v) is 5.86. The van der Waals surface area contributed by atoms with Crippen molar-refractivity contribution in [2.24, 2.45) is 0 Å². The van der Waals surface area contributed by atoms with Crippen LogP contribution in [0.25, 0.3) is 10.9 Å². The Morgan fingerprint density at radius 3 is 2.54 bits per heavy atom. The highest BCUT2D eigenvalue weighted by atomic mass is 32.2. The predicted octanol–water partition coefficient (Wildman–Crippen LogP) is 5.35. The largest absolute Gasteiger partial charge is 0.313 e. The first kappa shape index (κ1) is 20.8. The molecule has 0 saturated heterocycles. The van der Waals surface area contributed by atoms with E-state index in [-0.39, 0.29) is 0 Å². The van der Waals surface area contributed by atoms with Crippen LogP contribution in [0.1, 0.15) is 30.4 Å². The van der Waals surface area contributed by atoms with Crippen LogP contribution in [0.3, 0.4) is 0 Å². The maximum absolute atomic E-state index is 4.96. The van der Waals surface area contributed by atoms with Gasteiger partial charge < -0.3 is 10.2 Å². The molecule has 3 aromatic rings. The highest BCUT2D eigenvalue weighted by Gasteiger charge is 2.08. The van der Waals surface area contributed by atoms with E-state index in [1.54, 1.807) is 0 Å². The number of fused-ring (bicyclic) bond motifs is 1. The first-order valence-corrected chi connectivity index (χ1v) is 11.1. The van der Waals surface area contributed by atoms with Crippen molar-refractivity contribution in [1.29, 1.82) is 0 Å². The number of nitrogens with one attached hydrogen (secondary N) is 1. The molecule has 0 saturated carbocycles. The average Bonchev–Trinajstić information content (AvgIpc) is 2.72. The molecule has 0 aliphatic carbocycles. The summed E-state index contributed by atoms with van der Waals surface area (Å²) in [5.41, 5.74) is 3.71. The Hall–Kier alpha value is -1.88. The second-order valence-electron chi connectivity index (χ2n) is 7.46. The van der Waals surface area contributed by atoms with E-state index in [4.69, 9.17) is 4.98 Å². The Labute approximate surface area is 173 Å². The molecule has 2 aromatic carbocycles. The molecule has 0 unspecified atom stereocenters. The predicted molar refractivity (Wildman–Crippen MR) is 122 cm³/mol. The Morgan fingerprint density at radius 2 is 1.71 bits per heavy atom. The lowest BCUT2D eigenvalue weighted by Crippen LogP contribution is -2.17. The van der Waals surface area contributed by atoms with Gasteiger partial charge in [-0.1, -0.05) is 55.0 Å². The van der Waals surface area contributed by atoms with Gasteiger partial charge in [-0.05, 0) is 63.3 Å². The van der Waals surface area contributed by atoms with Gasteiger partial charge in [-0.15, -0.1) is 11.8 Å². The first-order valence-electron chi connectivity index (χ1n) is 10.1. The molecule has 0 bridgehead atoms. The minimum Gasteiger partial charge on any atom is -0.313 e. The zero-order chi connectivity index (χ0) is 19.6. The monoisotopic (exact) mass is 393 g/mol. The summed E-state index contributed by atoms with van der Waals surface area (Å²) in [6, 6.07) is 21.3. The molecule has 3 rings (SSSR count). The van der Waals surface area contributed by atoms with Gasteiger partial charge in [-0.25, -0.2) is 4.98 Å². The van der Waals surface area contributed by atoms with Crippen LogP contribution >= 0.6 is 11.8 Å². The van der Waals surface area contributed by atoms with Gasteiger partial charge >= 0.3 is 0 Å². The fourth-order valence-corrected chi connectivity index (χ4v) is 4.17. The number of unbranched alkanes of at least 4 members (excludes halogenated alkanes) is 2. The van der Waals surface area contributed by atoms with Crippen molar-refractivity contribution >= 4 is 22.7 Å². The molecule has 148 valence electrons. The lowest BCUT2D eigenvalue weighted by atomic mass is 10.1. The standard InChI is InChI=1S/C24H31N3S/c1-27(2)16-10-4-9-15-25-18-22-17-21-13-7-8-14-23(21)26-24(22)28-19-20-11-5-3-6-12-20/h3,5-8,11-14,17,25H,4,9-10,15-16,18-19H2,1-2H3. The van der Waals surface area contributed by atoms with Crippen molar-refractivity contribution in [2.45, 2.75) is 36.6 Å². The molecule has 3 nitrogen and oxygen atoms in total. The molecule has 0 amide bonds. The van der Waals surface area contributed by atoms with Crippen molar-refractivity contribution in [1.82, 2.24) is 15.2 Å². The van der Waals surface area contributed by atoms with Gasteiger partial charge in [0.05, 0.1) is 5.52 Å². The summed E-state index contributed by atoms with van der Waals surface area (Å²) < 4.78 is 0. The number of nitrogens with zero attached hydrogens (tertiary/aromatic N) is 2. The van der Waals surface area contributed by atoms with Crippen LogP contribution in [0.4, 0.5) is 0 Å². The van der Waals surface area contributed by atoms with Gasteiger partial charge in [0.25, 0.3) is 0 Å². The SMILES string of the molecule is CN(C)CCCCCNCc1cc2ccccc2nc1SCc1ccccc1. The van der Waals surface area contributed by atoms with Gasteiger partial charge in [-0.3, -0.25) is 0 Å². The molecular formula is C24H31N3S. The molecule has 1 heterocycles. The number of pyridine rings is 1. The van der Waals surface area contributed by atoms with Crippen LogP contribution in [0.15, 0.2) is 65.7 Å². The van der Waals surface area contributed by atoms with Gasteiger partial charge in [0.15, 0.2) is 0 Å². The topological polar surface area (TPSA) is 28.2 Å². The number of hydrogen-bond donors (Lipinski definition) is 1. The highest BCUT2D eigenvalue weighted by Crippen LogP contribution is 2.27. The number of aromatic nitrogens is 1. The Balaban J connectivity index is 1.60. The number of hydrogen-bond acceptors (Lipinski definition) is 4. The lowest BCUT2D eigenvalue weighted by molar-refractivity contribution is 0.390. The molecular weight excluding hydrogens is 362 g/mol. The molecule has 0 spiro atoms. The minimum absolute atomic E-state index is 0.878. The summed E-state index contributed by atoms with van der Waals surface area (Å²) in [6.45, 7) is 3.11. The molecule has 0 atom stereocenters. The van der Waals surface area contributed by atoms with Crippen LogP contribution in [0.2, 0.25) is 0 Å². The third-order valence-electron chi connectivity index (χ3n) is 4.76. The van der Waals surface area contributed by atoms with Crippen LogP contribution in [-0.4, -0.2) is 37.1 Å². The molecule has 0 aliphatic rings. The number of benzene rings is 2. The summed E-state index contributed by atoms with van der Waals surface area (Å²) in [6.07, 6.45) is 3.77. The molecule has 0 fully saturated rings. The molecule has 1 aromatic heterocycles.